The van der Waals surface area contributed by atoms with Gasteiger partial charge in [-0.25, -0.2) is 14.4 Å². The largest absolute Gasteiger partial charge is 0.276 e. The normalized spacial score (nSPS) is 11.3. The van der Waals surface area contributed by atoms with Crippen LogP contribution in [0.2, 0.25) is 5.02 Å². The SMILES string of the molecule is O=[N+]([O-])c1cccc(-c2cnc3c(-c4ccc(F)cc4Cl)cc4cccnc4n23)c1. The predicted octanol–water partition coefficient (Wildman–Crippen LogP) is 5.92. The van der Waals surface area contributed by atoms with Gasteiger partial charge in [-0.05, 0) is 36.4 Å². The molecule has 0 aliphatic heterocycles. The van der Waals surface area contributed by atoms with Gasteiger partial charge >= 0.3 is 0 Å². The molecule has 0 spiro atoms. The van der Waals surface area contributed by atoms with Crippen LogP contribution in [-0.2, 0) is 0 Å². The van der Waals surface area contributed by atoms with Gasteiger partial charge in [-0.1, -0.05) is 23.7 Å². The van der Waals surface area contributed by atoms with E-state index in [1.807, 2.05) is 22.6 Å². The fourth-order valence-electron chi connectivity index (χ4n) is 3.57. The number of non-ortho nitro benzene ring substituents is 1. The zero-order valence-electron chi connectivity index (χ0n) is 15.3. The summed E-state index contributed by atoms with van der Waals surface area (Å²) in [6, 6.07) is 16.2. The summed E-state index contributed by atoms with van der Waals surface area (Å²) in [5.41, 5.74) is 3.81. The van der Waals surface area contributed by atoms with Crippen molar-refractivity contribution in [3.63, 3.8) is 0 Å². The first-order chi connectivity index (χ1) is 14.5. The summed E-state index contributed by atoms with van der Waals surface area (Å²) in [4.78, 5) is 19.8. The van der Waals surface area contributed by atoms with Crippen LogP contribution in [0.15, 0.2) is 73.1 Å². The Kier molecular flexibility index (Phi) is 4.18. The Morgan fingerprint density at radius 1 is 0.967 bits per heavy atom. The molecule has 2 aromatic carbocycles. The van der Waals surface area contributed by atoms with Crippen LogP contribution in [0, 0.1) is 15.9 Å². The van der Waals surface area contributed by atoms with Crippen molar-refractivity contribution in [2.24, 2.45) is 0 Å². The standard InChI is InChI=1S/C22H12ClFN4O2/c23-19-11-15(24)6-7-17(19)18-10-14-4-2-8-25-21(14)27-20(12-26-22(18)27)13-3-1-5-16(9-13)28(29)30/h1-12H. The molecule has 8 heteroatoms. The van der Waals surface area contributed by atoms with Gasteiger partial charge in [-0.2, -0.15) is 0 Å². The van der Waals surface area contributed by atoms with Gasteiger partial charge in [0.05, 0.1) is 21.8 Å². The van der Waals surface area contributed by atoms with Gasteiger partial charge in [-0.3, -0.25) is 14.5 Å². The molecular weight excluding hydrogens is 407 g/mol. The molecule has 3 aromatic heterocycles. The van der Waals surface area contributed by atoms with E-state index in [1.165, 1.54) is 24.3 Å². The molecule has 0 unspecified atom stereocenters. The van der Waals surface area contributed by atoms with Gasteiger partial charge in [0.1, 0.15) is 17.1 Å². The van der Waals surface area contributed by atoms with E-state index < -0.39 is 10.7 Å². The third kappa shape index (κ3) is 2.87. The lowest BCUT2D eigenvalue weighted by Crippen LogP contribution is -1.97. The van der Waals surface area contributed by atoms with Crippen LogP contribution in [0.1, 0.15) is 0 Å². The summed E-state index contributed by atoms with van der Waals surface area (Å²) in [6.07, 6.45) is 3.31. The third-order valence-electron chi connectivity index (χ3n) is 4.91. The van der Waals surface area contributed by atoms with E-state index >= 15 is 0 Å². The van der Waals surface area contributed by atoms with Gasteiger partial charge in [0.25, 0.3) is 5.69 Å². The lowest BCUT2D eigenvalue weighted by Gasteiger charge is -2.11. The van der Waals surface area contributed by atoms with E-state index in [9.17, 15) is 14.5 Å². The number of benzene rings is 2. The van der Waals surface area contributed by atoms with Crippen molar-refractivity contribution in [3.8, 4) is 22.4 Å². The fraction of sp³-hybridized carbons (Fsp3) is 0. The minimum atomic E-state index is -0.438. The third-order valence-corrected chi connectivity index (χ3v) is 5.22. The lowest BCUT2D eigenvalue weighted by atomic mass is 10.0. The van der Waals surface area contributed by atoms with Crippen molar-refractivity contribution in [3.05, 3.63) is 94.0 Å². The predicted molar refractivity (Wildman–Crippen MR) is 113 cm³/mol. The maximum atomic E-state index is 13.6. The first-order valence-electron chi connectivity index (χ1n) is 8.98. The first kappa shape index (κ1) is 18.2. The second-order valence-corrected chi connectivity index (χ2v) is 7.12. The van der Waals surface area contributed by atoms with Crippen LogP contribution in [0.4, 0.5) is 10.1 Å². The number of hydrogen-bond acceptors (Lipinski definition) is 4. The molecule has 6 nitrogen and oxygen atoms in total. The van der Waals surface area contributed by atoms with E-state index in [0.29, 0.717) is 33.7 Å². The molecule has 0 aliphatic rings. The molecule has 5 rings (SSSR count). The summed E-state index contributed by atoms with van der Waals surface area (Å²) in [7, 11) is 0. The molecule has 3 heterocycles. The molecule has 0 saturated carbocycles. The molecule has 0 amide bonds. The highest BCUT2D eigenvalue weighted by atomic mass is 35.5. The molecular formula is C22H12ClFN4O2. The molecule has 0 saturated heterocycles. The Balaban J connectivity index is 1.87. The van der Waals surface area contributed by atoms with Crippen LogP contribution in [0.25, 0.3) is 39.1 Å². The summed E-state index contributed by atoms with van der Waals surface area (Å²) < 4.78 is 15.4. The topological polar surface area (TPSA) is 73.3 Å². The highest BCUT2D eigenvalue weighted by Crippen LogP contribution is 2.36. The van der Waals surface area contributed by atoms with E-state index in [0.717, 1.165) is 5.39 Å². The summed E-state index contributed by atoms with van der Waals surface area (Å²) in [5, 5.41) is 12.3. The monoisotopic (exact) mass is 418 g/mol. The maximum absolute atomic E-state index is 13.6. The molecule has 0 bridgehead atoms. The van der Waals surface area contributed by atoms with Crippen molar-refractivity contribution >= 4 is 34.0 Å². The van der Waals surface area contributed by atoms with E-state index in [1.54, 1.807) is 30.6 Å². The average Bonchev–Trinajstić information content (AvgIpc) is 3.19. The molecule has 0 N–H and O–H groups in total. The van der Waals surface area contributed by atoms with Gasteiger partial charge < -0.3 is 0 Å². The molecule has 5 aromatic rings. The van der Waals surface area contributed by atoms with Gasteiger partial charge in [-0.15, -0.1) is 0 Å². The second kappa shape index (κ2) is 6.89. The lowest BCUT2D eigenvalue weighted by molar-refractivity contribution is -0.384. The Labute approximate surface area is 174 Å². The number of hydrogen-bond donors (Lipinski definition) is 0. The number of fused-ring (bicyclic) bond motifs is 3. The first-order valence-corrected chi connectivity index (χ1v) is 9.36. The van der Waals surface area contributed by atoms with Gasteiger partial charge in [0, 0.05) is 40.4 Å². The Hall–Kier alpha value is -3.84. The van der Waals surface area contributed by atoms with Gasteiger partial charge in [0.15, 0.2) is 0 Å². The van der Waals surface area contributed by atoms with E-state index in [2.05, 4.69) is 9.97 Å². The van der Waals surface area contributed by atoms with Crippen LogP contribution in [-0.4, -0.2) is 19.3 Å². The Morgan fingerprint density at radius 2 is 1.83 bits per heavy atom. The number of halogens is 2. The average molecular weight is 419 g/mol. The van der Waals surface area contributed by atoms with Crippen molar-refractivity contribution < 1.29 is 9.31 Å². The van der Waals surface area contributed by atoms with Crippen LogP contribution < -0.4 is 0 Å². The number of pyridine rings is 2. The highest BCUT2D eigenvalue weighted by Gasteiger charge is 2.18. The molecule has 30 heavy (non-hydrogen) atoms. The van der Waals surface area contributed by atoms with Crippen LogP contribution in [0.5, 0.6) is 0 Å². The number of nitrogens with zero attached hydrogens (tertiary/aromatic N) is 4. The summed E-state index contributed by atoms with van der Waals surface area (Å²) in [6.45, 7) is 0. The molecule has 146 valence electrons. The highest BCUT2D eigenvalue weighted by molar-refractivity contribution is 6.33. The van der Waals surface area contributed by atoms with Crippen molar-refractivity contribution in [2.75, 3.05) is 0 Å². The second-order valence-electron chi connectivity index (χ2n) is 6.71. The smallest absolute Gasteiger partial charge is 0.270 e. The zero-order chi connectivity index (χ0) is 20.8. The quantitative estimate of drug-likeness (QED) is 0.269. The zero-order valence-corrected chi connectivity index (χ0v) is 16.0. The van der Waals surface area contributed by atoms with Crippen LogP contribution >= 0.6 is 11.6 Å². The van der Waals surface area contributed by atoms with Gasteiger partial charge in [0.2, 0.25) is 0 Å². The molecule has 0 atom stereocenters. The Morgan fingerprint density at radius 3 is 2.63 bits per heavy atom. The van der Waals surface area contributed by atoms with Crippen LogP contribution in [0.3, 0.4) is 0 Å². The number of nitro groups is 1. The molecule has 0 radical (unpaired) electrons. The number of imidazole rings is 1. The summed E-state index contributed by atoms with van der Waals surface area (Å²) >= 11 is 6.33. The summed E-state index contributed by atoms with van der Waals surface area (Å²) in [5.74, 6) is -0.428. The fourth-order valence-corrected chi connectivity index (χ4v) is 3.84. The van der Waals surface area contributed by atoms with Crippen molar-refractivity contribution in [1.29, 1.82) is 0 Å². The van der Waals surface area contributed by atoms with Crippen molar-refractivity contribution in [2.45, 2.75) is 0 Å². The van der Waals surface area contributed by atoms with E-state index in [-0.39, 0.29) is 10.7 Å². The molecule has 0 fully saturated rings. The number of nitro benzene ring substituents is 1. The minimum absolute atomic E-state index is 0.0163. The molecule has 0 aliphatic carbocycles. The maximum Gasteiger partial charge on any atom is 0.270 e. The van der Waals surface area contributed by atoms with E-state index in [4.69, 9.17) is 11.6 Å². The number of aromatic nitrogens is 3. The van der Waals surface area contributed by atoms with Crippen molar-refractivity contribution in [1.82, 2.24) is 14.4 Å². The minimum Gasteiger partial charge on any atom is -0.276 e. The number of rotatable bonds is 3. The Bertz CT molecular complexity index is 1460.